The molecule has 1 N–H and O–H groups in total. The maximum atomic E-state index is 13.1. The Morgan fingerprint density at radius 1 is 1.14 bits per heavy atom. The van der Waals surface area contributed by atoms with Gasteiger partial charge in [0.2, 0.25) is 5.91 Å². The van der Waals surface area contributed by atoms with Crippen LogP contribution >= 0.6 is 0 Å². The number of halogens is 1. The van der Waals surface area contributed by atoms with Crippen LogP contribution in [0.4, 0.5) is 15.8 Å². The number of anilines is 2. The van der Waals surface area contributed by atoms with Crippen LogP contribution in [0, 0.1) is 5.82 Å². The van der Waals surface area contributed by atoms with Gasteiger partial charge in [-0.15, -0.1) is 0 Å². The Morgan fingerprint density at radius 2 is 1.95 bits per heavy atom. The molecule has 1 heterocycles. The predicted octanol–water partition coefficient (Wildman–Crippen LogP) is 3.56. The van der Waals surface area contributed by atoms with Crippen LogP contribution in [0.25, 0.3) is 0 Å². The highest BCUT2D eigenvalue weighted by atomic mass is 19.1. The molecule has 1 amide bonds. The van der Waals surface area contributed by atoms with Crippen LogP contribution in [0.2, 0.25) is 0 Å². The average molecular weight is 284 g/mol. The zero-order chi connectivity index (χ0) is 14.7. The van der Waals surface area contributed by atoms with Gasteiger partial charge in [0.1, 0.15) is 5.82 Å². The molecule has 0 radical (unpaired) electrons. The molecule has 0 aliphatic carbocycles. The van der Waals surface area contributed by atoms with Gasteiger partial charge >= 0.3 is 0 Å². The van der Waals surface area contributed by atoms with Crippen LogP contribution in [0.15, 0.2) is 48.5 Å². The zero-order valence-corrected chi connectivity index (χ0v) is 11.7. The number of carbonyl (C=O) groups excluding carboxylic acids is 1. The maximum absolute atomic E-state index is 13.1. The molecule has 0 bridgehead atoms. The van der Waals surface area contributed by atoms with Crippen molar-refractivity contribution >= 4 is 17.3 Å². The molecule has 1 saturated heterocycles. The van der Waals surface area contributed by atoms with Crippen LogP contribution in [0.1, 0.15) is 18.4 Å². The average Bonchev–Trinajstić information content (AvgIpc) is 2.92. The standard InChI is InChI=1S/C17H17FN2O/c18-14-4-1-3-13(11-14)12-19-15-6-8-16(9-7-15)20-10-2-5-17(20)21/h1,3-4,6-9,11,19H,2,5,10,12H2. The van der Waals surface area contributed by atoms with E-state index >= 15 is 0 Å². The van der Waals surface area contributed by atoms with Gasteiger partial charge in [0.05, 0.1) is 0 Å². The molecule has 4 heteroatoms. The number of nitrogens with one attached hydrogen (secondary N) is 1. The van der Waals surface area contributed by atoms with Crippen molar-refractivity contribution in [2.75, 3.05) is 16.8 Å². The topological polar surface area (TPSA) is 32.3 Å². The summed E-state index contributed by atoms with van der Waals surface area (Å²) in [7, 11) is 0. The van der Waals surface area contributed by atoms with Crippen molar-refractivity contribution in [3.05, 3.63) is 59.9 Å². The number of hydrogen-bond acceptors (Lipinski definition) is 2. The third kappa shape index (κ3) is 3.21. The summed E-state index contributed by atoms with van der Waals surface area (Å²) in [5.41, 5.74) is 2.79. The van der Waals surface area contributed by atoms with Gasteiger partial charge in [0.25, 0.3) is 0 Å². The van der Waals surface area contributed by atoms with E-state index in [2.05, 4.69) is 5.32 Å². The Bertz CT molecular complexity index is 639. The van der Waals surface area contributed by atoms with Crippen LogP contribution in [-0.4, -0.2) is 12.5 Å². The summed E-state index contributed by atoms with van der Waals surface area (Å²) in [6, 6.07) is 14.3. The summed E-state index contributed by atoms with van der Waals surface area (Å²) in [5, 5.41) is 3.25. The Labute approximate surface area is 123 Å². The quantitative estimate of drug-likeness (QED) is 0.931. The molecule has 0 atom stereocenters. The van der Waals surface area contributed by atoms with Gasteiger partial charge in [-0.3, -0.25) is 4.79 Å². The second-order valence-electron chi connectivity index (χ2n) is 5.18. The fourth-order valence-electron chi connectivity index (χ4n) is 2.53. The van der Waals surface area contributed by atoms with E-state index in [-0.39, 0.29) is 11.7 Å². The van der Waals surface area contributed by atoms with E-state index in [4.69, 9.17) is 0 Å². The van der Waals surface area contributed by atoms with Crippen molar-refractivity contribution in [3.8, 4) is 0 Å². The van der Waals surface area contributed by atoms with E-state index in [1.807, 2.05) is 35.2 Å². The first-order valence-corrected chi connectivity index (χ1v) is 7.11. The lowest BCUT2D eigenvalue weighted by molar-refractivity contribution is -0.117. The van der Waals surface area contributed by atoms with Crippen molar-refractivity contribution < 1.29 is 9.18 Å². The highest BCUT2D eigenvalue weighted by molar-refractivity contribution is 5.95. The summed E-state index contributed by atoms with van der Waals surface area (Å²) in [6.07, 6.45) is 1.57. The van der Waals surface area contributed by atoms with E-state index in [0.717, 1.165) is 29.9 Å². The van der Waals surface area contributed by atoms with Crippen molar-refractivity contribution in [3.63, 3.8) is 0 Å². The van der Waals surface area contributed by atoms with Gasteiger partial charge in [-0.25, -0.2) is 4.39 Å². The van der Waals surface area contributed by atoms with Crippen molar-refractivity contribution in [1.82, 2.24) is 0 Å². The molecular weight excluding hydrogens is 267 g/mol. The fourth-order valence-corrected chi connectivity index (χ4v) is 2.53. The SMILES string of the molecule is O=C1CCCN1c1ccc(NCc2cccc(F)c2)cc1. The van der Waals surface area contributed by atoms with Gasteiger partial charge in [-0.2, -0.15) is 0 Å². The maximum Gasteiger partial charge on any atom is 0.227 e. The highest BCUT2D eigenvalue weighted by Crippen LogP contribution is 2.23. The summed E-state index contributed by atoms with van der Waals surface area (Å²) in [5.74, 6) is -0.0346. The van der Waals surface area contributed by atoms with E-state index < -0.39 is 0 Å². The van der Waals surface area contributed by atoms with Gasteiger partial charge in [-0.1, -0.05) is 12.1 Å². The molecule has 1 aliphatic heterocycles. The van der Waals surface area contributed by atoms with Gasteiger partial charge in [-0.05, 0) is 48.4 Å². The van der Waals surface area contributed by atoms with Gasteiger partial charge in [0.15, 0.2) is 0 Å². The third-order valence-electron chi connectivity index (χ3n) is 3.64. The van der Waals surface area contributed by atoms with E-state index in [1.54, 1.807) is 6.07 Å². The molecule has 0 aromatic heterocycles. The molecule has 0 saturated carbocycles. The van der Waals surface area contributed by atoms with Crippen LogP contribution in [-0.2, 0) is 11.3 Å². The highest BCUT2D eigenvalue weighted by Gasteiger charge is 2.21. The zero-order valence-electron chi connectivity index (χ0n) is 11.7. The first kappa shape index (κ1) is 13.6. The van der Waals surface area contributed by atoms with E-state index in [1.165, 1.54) is 12.1 Å². The predicted molar refractivity (Wildman–Crippen MR) is 81.8 cm³/mol. The van der Waals surface area contributed by atoms with Gasteiger partial charge in [0, 0.05) is 30.9 Å². The van der Waals surface area contributed by atoms with E-state index in [9.17, 15) is 9.18 Å². The number of nitrogens with zero attached hydrogens (tertiary/aromatic N) is 1. The molecule has 1 aliphatic rings. The molecule has 0 spiro atoms. The molecule has 1 fully saturated rings. The van der Waals surface area contributed by atoms with Gasteiger partial charge < -0.3 is 10.2 Å². The Morgan fingerprint density at radius 3 is 2.62 bits per heavy atom. The van der Waals surface area contributed by atoms with Crippen molar-refractivity contribution in [2.45, 2.75) is 19.4 Å². The monoisotopic (exact) mass is 284 g/mol. The number of amides is 1. The van der Waals surface area contributed by atoms with E-state index in [0.29, 0.717) is 13.0 Å². The lowest BCUT2D eigenvalue weighted by atomic mass is 10.2. The molecule has 2 aromatic rings. The second kappa shape index (κ2) is 5.95. The Hall–Kier alpha value is -2.36. The van der Waals surface area contributed by atoms with Crippen LogP contribution in [0.3, 0.4) is 0 Å². The lowest BCUT2D eigenvalue weighted by Crippen LogP contribution is -2.23. The number of hydrogen-bond donors (Lipinski definition) is 1. The first-order valence-electron chi connectivity index (χ1n) is 7.11. The molecular formula is C17H17FN2O. The molecule has 21 heavy (non-hydrogen) atoms. The smallest absolute Gasteiger partial charge is 0.227 e. The first-order chi connectivity index (χ1) is 10.2. The van der Waals surface area contributed by atoms with Crippen LogP contribution < -0.4 is 10.2 Å². The molecule has 2 aromatic carbocycles. The number of rotatable bonds is 4. The minimum absolute atomic E-state index is 0.190. The molecule has 3 rings (SSSR count). The Balaban J connectivity index is 1.63. The minimum Gasteiger partial charge on any atom is -0.381 e. The van der Waals surface area contributed by atoms with Crippen molar-refractivity contribution in [2.24, 2.45) is 0 Å². The summed E-state index contributed by atoms with van der Waals surface area (Å²) >= 11 is 0. The Kier molecular flexibility index (Phi) is 3.86. The minimum atomic E-state index is -0.225. The normalized spacial score (nSPS) is 14.5. The molecule has 108 valence electrons. The summed E-state index contributed by atoms with van der Waals surface area (Å²) in [6.45, 7) is 1.37. The number of carbonyl (C=O) groups is 1. The third-order valence-corrected chi connectivity index (χ3v) is 3.64. The summed E-state index contributed by atoms with van der Waals surface area (Å²) in [4.78, 5) is 13.5. The molecule has 3 nitrogen and oxygen atoms in total. The molecule has 0 unspecified atom stereocenters. The van der Waals surface area contributed by atoms with Crippen LogP contribution in [0.5, 0.6) is 0 Å². The second-order valence-corrected chi connectivity index (χ2v) is 5.18. The lowest BCUT2D eigenvalue weighted by Gasteiger charge is -2.16. The number of benzene rings is 2. The summed E-state index contributed by atoms with van der Waals surface area (Å²) < 4.78 is 13.1. The van der Waals surface area contributed by atoms with Crippen molar-refractivity contribution in [1.29, 1.82) is 0 Å². The largest absolute Gasteiger partial charge is 0.381 e. The fraction of sp³-hybridized carbons (Fsp3) is 0.235.